The molecule has 3 rings (SSSR count). The number of halogens is 2. The number of esters is 1. The van der Waals surface area contributed by atoms with Gasteiger partial charge in [-0.1, -0.05) is 35.3 Å². The molecule has 8 nitrogen and oxygen atoms in total. The zero-order valence-corrected chi connectivity index (χ0v) is 19.6. The first kappa shape index (κ1) is 24.8. The lowest BCUT2D eigenvalue weighted by Gasteiger charge is -2.10. The van der Waals surface area contributed by atoms with Crippen LogP contribution in [0, 0.1) is 6.92 Å². The first-order chi connectivity index (χ1) is 16.3. The summed E-state index contributed by atoms with van der Waals surface area (Å²) in [5.41, 5.74) is 4.01. The zero-order valence-electron chi connectivity index (χ0n) is 18.1. The molecule has 0 spiro atoms. The van der Waals surface area contributed by atoms with Crippen molar-refractivity contribution in [1.82, 2.24) is 5.43 Å². The Balaban J connectivity index is 1.62. The average molecular weight is 500 g/mol. The number of methoxy groups -OCH3 is 1. The number of carbonyl (C=O) groups is 3. The van der Waals surface area contributed by atoms with Crippen LogP contribution in [-0.2, 0) is 9.59 Å². The minimum absolute atomic E-state index is 0.185. The maximum atomic E-state index is 12.3. The lowest BCUT2D eigenvalue weighted by atomic mass is 10.2. The summed E-state index contributed by atoms with van der Waals surface area (Å²) in [5, 5.41) is 7.13. The molecular formula is C24H19Cl2N3O5. The van der Waals surface area contributed by atoms with E-state index in [1.807, 2.05) is 0 Å². The number of carbonyl (C=O) groups excluding carboxylic acids is 3. The molecule has 34 heavy (non-hydrogen) atoms. The van der Waals surface area contributed by atoms with Gasteiger partial charge in [-0.05, 0) is 66.6 Å². The van der Waals surface area contributed by atoms with E-state index >= 15 is 0 Å². The van der Waals surface area contributed by atoms with Gasteiger partial charge in [-0.25, -0.2) is 10.2 Å². The molecule has 3 aromatic rings. The van der Waals surface area contributed by atoms with Crippen LogP contribution in [0.3, 0.4) is 0 Å². The lowest BCUT2D eigenvalue weighted by Crippen LogP contribution is -2.32. The summed E-state index contributed by atoms with van der Waals surface area (Å²) in [4.78, 5) is 36.5. The van der Waals surface area contributed by atoms with Crippen LogP contribution in [0.5, 0.6) is 11.5 Å². The number of benzene rings is 3. The molecule has 0 aliphatic rings. The third kappa shape index (κ3) is 6.34. The normalized spacial score (nSPS) is 10.6. The van der Waals surface area contributed by atoms with Crippen molar-refractivity contribution in [3.8, 4) is 11.5 Å². The van der Waals surface area contributed by atoms with Gasteiger partial charge in [0.1, 0.15) is 0 Å². The number of rotatable bonds is 6. The summed E-state index contributed by atoms with van der Waals surface area (Å²) in [6, 6.07) is 16.0. The number of hydrogen-bond donors (Lipinski definition) is 2. The van der Waals surface area contributed by atoms with E-state index in [-0.39, 0.29) is 17.1 Å². The van der Waals surface area contributed by atoms with Crippen molar-refractivity contribution < 1.29 is 23.9 Å². The highest BCUT2D eigenvalue weighted by atomic mass is 35.5. The quantitative estimate of drug-likeness (QED) is 0.169. The number of anilines is 1. The predicted molar refractivity (Wildman–Crippen MR) is 130 cm³/mol. The first-order valence-electron chi connectivity index (χ1n) is 9.83. The van der Waals surface area contributed by atoms with Crippen LogP contribution in [0.4, 0.5) is 5.69 Å². The molecule has 10 heteroatoms. The van der Waals surface area contributed by atoms with Crippen molar-refractivity contribution in [3.05, 3.63) is 87.4 Å². The van der Waals surface area contributed by atoms with Crippen molar-refractivity contribution in [1.29, 1.82) is 0 Å². The topological polar surface area (TPSA) is 106 Å². The Labute approximate surface area is 205 Å². The van der Waals surface area contributed by atoms with Crippen molar-refractivity contribution in [2.45, 2.75) is 6.92 Å². The van der Waals surface area contributed by atoms with Crippen LogP contribution in [0.2, 0.25) is 10.0 Å². The van der Waals surface area contributed by atoms with E-state index in [9.17, 15) is 14.4 Å². The maximum Gasteiger partial charge on any atom is 0.343 e. The van der Waals surface area contributed by atoms with E-state index < -0.39 is 17.8 Å². The van der Waals surface area contributed by atoms with Crippen LogP contribution in [0.25, 0.3) is 0 Å². The Kier molecular flexibility index (Phi) is 8.24. The van der Waals surface area contributed by atoms with Crippen LogP contribution in [-0.4, -0.2) is 31.1 Å². The number of nitrogens with one attached hydrogen (secondary N) is 2. The Bertz CT molecular complexity index is 1280. The van der Waals surface area contributed by atoms with Gasteiger partial charge in [0.15, 0.2) is 11.5 Å². The average Bonchev–Trinajstić information content (AvgIpc) is 2.82. The minimum atomic E-state index is -0.963. The highest BCUT2D eigenvalue weighted by Gasteiger charge is 2.15. The summed E-state index contributed by atoms with van der Waals surface area (Å²) in [6.07, 6.45) is 1.31. The van der Waals surface area contributed by atoms with E-state index in [0.717, 1.165) is 0 Å². The van der Waals surface area contributed by atoms with Crippen molar-refractivity contribution in [2.24, 2.45) is 5.10 Å². The molecule has 0 aromatic heterocycles. The molecule has 0 fully saturated rings. The number of nitrogens with zero attached hydrogens (tertiary/aromatic N) is 1. The largest absolute Gasteiger partial charge is 0.493 e. The fraction of sp³-hybridized carbons (Fsp3) is 0.0833. The fourth-order valence-electron chi connectivity index (χ4n) is 2.76. The minimum Gasteiger partial charge on any atom is -0.493 e. The molecule has 0 heterocycles. The van der Waals surface area contributed by atoms with Gasteiger partial charge in [-0.15, -0.1) is 0 Å². The highest BCUT2D eigenvalue weighted by molar-refractivity contribution is 6.40. The summed E-state index contributed by atoms with van der Waals surface area (Å²) >= 11 is 11.9. The molecular weight excluding hydrogens is 481 g/mol. The van der Waals surface area contributed by atoms with Gasteiger partial charge < -0.3 is 14.8 Å². The predicted octanol–water partition coefficient (Wildman–Crippen LogP) is 4.62. The van der Waals surface area contributed by atoms with Crippen molar-refractivity contribution >= 4 is 52.9 Å². The van der Waals surface area contributed by atoms with Gasteiger partial charge in [0, 0.05) is 15.7 Å². The third-order valence-corrected chi connectivity index (χ3v) is 5.20. The van der Waals surface area contributed by atoms with Gasteiger partial charge in [0.2, 0.25) is 0 Å². The monoisotopic (exact) mass is 499 g/mol. The van der Waals surface area contributed by atoms with E-state index in [0.29, 0.717) is 26.9 Å². The standard InChI is InChI=1S/C24H19Cl2N3O5/c1-14-18(26)7-4-8-19(14)28-22(30)23(31)29-27-13-15-9-10-20(21(11-15)33-2)34-24(32)16-5-3-6-17(25)12-16/h3-13H,1-2H3,(H,28,30)(H,29,31)/b27-13+. The summed E-state index contributed by atoms with van der Waals surface area (Å²) < 4.78 is 10.7. The molecule has 0 saturated heterocycles. The molecule has 0 saturated carbocycles. The third-order valence-electron chi connectivity index (χ3n) is 4.55. The number of amides is 2. The van der Waals surface area contributed by atoms with E-state index in [2.05, 4.69) is 15.8 Å². The molecule has 0 bridgehead atoms. The van der Waals surface area contributed by atoms with Crippen LogP contribution >= 0.6 is 23.2 Å². The van der Waals surface area contributed by atoms with Crippen LogP contribution in [0.15, 0.2) is 65.8 Å². The molecule has 0 aliphatic heterocycles. The summed E-state index contributed by atoms with van der Waals surface area (Å²) in [5.74, 6) is -2.02. The molecule has 0 atom stereocenters. The number of ether oxygens (including phenoxy) is 2. The molecule has 0 unspecified atom stereocenters. The first-order valence-corrected chi connectivity index (χ1v) is 10.6. The summed E-state index contributed by atoms with van der Waals surface area (Å²) in [7, 11) is 1.41. The van der Waals surface area contributed by atoms with Crippen molar-refractivity contribution in [3.63, 3.8) is 0 Å². The van der Waals surface area contributed by atoms with Crippen molar-refractivity contribution in [2.75, 3.05) is 12.4 Å². The zero-order chi connectivity index (χ0) is 24.7. The Morgan fingerprint density at radius 2 is 1.71 bits per heavy atom. The van der Waals surface area contributed by atoms with Gasteiger partial charge in [0.05, 0.1) is 18.9 Å². The number of hydrogen-bond acceptors (Lipinski definition) is 6. The van der Waals surface area contributed by atoms with Crippen LogP contribution in [0.1, 0.15) is 21.5 Å². The molecule has 174 valence electrons. The SMILES string of the molecule is COc1cc(/C=N/NC(=O)C(=O)Nc2cccc(Cl)c2C)ccc1OC(=O)c1cccc(Cl)c1. The van der Waals surface area contributed by atoms with Gasteiger partial charge >= 0.3 is 17.8 Å². The van der Waals surface area contributed by atoms with E-state index in [1.54, 1.807) is 55.5 Å². The van der Waals surface area contributed by atoms with Gasteiger partial charge in [-0.2, -0.15) is 5.10 Å². The Morgan fingerprint density at radius 3 is 2.44 bits per heavy atom. The lowest BCUT2D eigenvalue weighted by molar-refractivity contribution is -0.136. The summed E-state index contributed by atoms with van der Waals surface area (Å²) in [6.45, 7) is 1.72. The smallest absolute Gasteiger partial charge is 0.343 e. The fourth-order valence-corrected chi connectivity index (χ4v) is 3.13. The molecule has 0 aliphatic carbocycles. The molecule has 2 N–H and O–H groups in total. The van der Waals surface area contributed by atoms with Crippen LogP contribution < -0.4 is 20.2 Å². The van der Waals surface area contributed by atoms with Gasteiger partial charge in [0.25, 0.3) is 0 Å². The molecule has 2 amide bonds. The van der Waals surface area contributed by atoms with Gasteiger partial charge in [-0.3, -0.25) is 9.59 Å². The Hall–Kier alpha value is -3.88. The Morgan fingerprint density at radius 1 is 0.941 bits per heavy atom. The second kappa shape index (κ2) is 11.3. The molecule has 0 radical (unpaired) electrons. The number of hydrazone groups is 1. The maximum absolute atomic E-state index is 12.3. The van der Waals surface area contributed by atoms with E-state index in [1.165, 1.54) is 25.5 Å². The highest BCUT2D eigenvalue weighted by Crippen LogP contribution is 2.28. The van der Waals surface area contributed by atoms with E-state index in [4.69, 9.17) is 32.7 Å². The molecule has 3 aromatic carbocycles. The second-order valence-corrected chi connectivity index (χ2v) is 7.72. The second-order valence-electron chi connectivity index (χ2n) is 6.88.